The highest BCUT2D eigenvalue weighted by molar-refractivity contribution is 7.87. The van der Waals surface area contributed by atoms with Gasteiger partial charge in [0.25, 0.3) is 10.2 Å². The minimum Gasteiger partial charge on any atom is -0.396 e. The molecule has 0 amide bonds. The fourth-order valence-electron chi connectivity index (χ4n) is 0.675. The number of ether oxygens (including phenoxy) is 1. The summed E-state index contributed by atoms with van der Waals surface area (Å²) >= 11 is 0. The SMILES string of the molecule is COCCNS(=O)(=O)NCC(C)(C)CO. The van der Waals surface area contributed by atoms with Crippen LogP contribution in [0.5, 0.6) is 0 Å². The average Bonchev–Trinajstić information content (AvgIpc) is 2.16. The highest BCUT2D eigenvalue weighted by atomic mass is 32.2. The molecule has 0 aromatic heterocycles. The second kappa shape index (κ2) is 6.39. The zero-order valence-electron chi connectivity index (χ0n) is 9.41. The van der Waals surface area contributed by atoms with E-state index in [-0.39, 0.29) is 19.7 Å². The van der Waals surface area contributed by atoms with Crippen molar-refractivity contribution in [2.75, 3.05) is 33.4 Å². The first-order chi connectivity index (χ1) is 6.83. The molecule has 0 aliphatic rings. The first-order valence-corrected chi connectivity index (χ1v) is 6.15. The smallest absolute Gasteiger partial charge is 0.277 e. The molecule has 7 heteroatoms. The Labute approximate surface area is 91.2 Å². The van der Waals surface area contributed by atoms with Crippen LogP contribution in [-0.2, 0) is 14.9 Å². The molecule has 92 valence electrons. The summed E-state index contributed by atoms with van der Waals surface area (Å²) < 4.78 is 32.0. The molecule has 0 saturated heterocycles. The molecule has 0 saturated carbocycles. The summed E-state index contributed by atoms with van der Waals surface area (Å²) in [6.45, 7) is 4.20. The van der Waals surface area contributed by atoms with Crippen molar-refractivity contribution in [3.8, 4) is 0 Å². The zero-order chi connectivity index (χ0) is 11.9. The van der Waals surface area contributed by atoms with Crippen LogP contribution in [0.1, 0.15) is 13.8 Å². The van der Waals surface area contributed by atoms with Crippen molar-refractivity contribution in [3.63, 3.8) is 0 Å². The minimum absolute atomic E-state index is 0.0758. The van der Waals surface area contributed by atoms with Gasteiger partial charge in [-0.2, -0.15) is 13.1 Å². The Bertz CT molecular complexity index is 264. The number of rotatable bonds is 8. The van der Waals surface area contributed by atoms with Gasteiger partial charge in [-0.25, -0.2) is 4.72 Å². The lowest BCUT2D eigenvalue weighted by molar-refractivity contribution is 0.163. The number of nitrogens with one attached hydrogen (secondary N) is 2. The van der Waals surface area contributed by atoms with E-state index < -0.39 is 15.6 Å². The summed E-state index contributed by atoms with van der Waals surface area (Å²) in [4.78, 5) is 0. The van der Waals surface area contributed by atoms with E-state index >= 15 is 0 Å². The minimum atomic E-state index is -3.49. The fourth-order valence-corrected chi connectivity index (χ4v) is 1.71. The lowest BCUT2D eigenvalue weighted by Gasteiger charge is -2.21. The van der Waals surface area contributed by atoms with E-state index in [9.17, 15) is 8.42 Å². The third-order valence-electron chi connectivity index (χ3n) is 1.77. The van der Waals surface area contributed by atoms with Crippen LogP contribution in [0.4, 0.5) is 0 Å². The molecule has 6 nitrogen and oxygen atoms in total. The molecule has 0 aliphatic heterocycles. The van der Waals surface area contributed by atoms with Gasteiger partial charge < -0.3 is 9.84 Å². The van der Waals surface area contributed by atoms with Gasteiger partial charge in [0.1, 0.15) is 0 Å². The van der Waals surface area contributed by atoms with Crippen molar-refractivity contribution >= 4 is 10.2 Å². The Hall–Kier alpha value is -0.210. The molecule has 0 aromatic carbocycles. The van der Waals surface area contributed by atoms with E-state index in [1.165, 1.54) is 7.11 Å². The molecule has 0 spiro atoms. The van der Waals surface area contributed by atoms with E-state index in [2.05, 4.69) is 9.44 Å². The standard InChI is InChI=1S/C8H20N2O4S/c1-8(2,7-11)6-10-15(12,13)9-4-5-14-3/h9-11H,4-7H2,1-3H3. The van der Waals surface area contributed by atoms with Gasteiger partial charge in [-0.3, -0.25) is 0 Å². The number of aliphatic hydroxyl groups is 1. The highest BCUT2D eigenvalue weighted by Crippen LogP contribution is 2.11. The Balaban J connectivity index is 3.94. The van der Waals surface area contributed by atoms with E-state index in [0.717, 1.165) is 0 Å². The molecule has 0 aromatic rings. The summed E-state index contributed by atoms with van der Waals surface area (Å²) in [5.41, 5.74) is -0.462. The van der Waals surface area contributed by atoms with Crippen LogP contribution in [0.25, 0.3) is 0 Å². The maximum absolute atomic E-state index is 11.3. The Morgan fingerprint density at radius 2 is 1.93 bits per heavy atom. The molecular weight excluding hydrogens is 220 g/mol. The monoisotopic (exact) mass is 240 g/mol. The van der Waals surface area contributed by atoms with Crippen LogP contribution in [0.3, 0.4) is 0 Å². The normalized spacial score (nSPS) is 13.1. The van der Waals surface area contributed by atoms with Crippen LogP contribution >= 0.6 is 0 Å². The van der Waals surface area contributed by atoms with Crippen molar-refractivity contribution in [1.29, 1.82) is 0 Å². The molecular formula is C8H20N2O4S. The van der Waals surface area contributed by atoms with E-state index in [0.29, 0.717) is 6.61 Å². The molecule has 15 heavy (non-hydrogen) atoms. The molecule has 0 fully saturated rings. The average molecular weight is 240 g/mol. The predicted octanol–water partition coefficient (Wildman–Crippen LogP) is -0.925. The van der Waals surface area contributed by atoms with Gasteiger partial charge in [0.15, 0.2) is 0 Å². The fraction of sp³-hybridized carbons (Fsp3) is 1.00. The van der Waals surface area contributed by atoms with Crippen molar-refractivity contribution in [2.45, 2.75) is 13.8 Å². The lowest BCUT2D eigenvalue weighted by Crippen LogP contribution is -2.43. The van der Waals surface area contributed by atoms with Gasteiger partial charge in [-0.1, -0.05) is 13.8 Å². The largest absolute Gasteiger partial charge is 0.396 e. The maximum atomic E-state index is 11.3. The van der Waals surface area contributed by atoms with E-state index in [1.807, 2.05) is 0 Å². The molecule has 0 aliphatic carbocycles. The van der Waals surface area contributed by atoms with Gasteiger partial charge in [-0.15, -0.1) is 0 Å². The summed E-state index contributed by atoms with van der Waals surface area (Å²) in [5.74, 6) is 0. The second-order valence-corrected chi connectivity index (χ2v) is 5.62. The predicted molar refractivity (Wildman–Crippen MR) is 57.7 cm³/mol. The van der Waals surface area contributed by atoms with Crippen LogP contribution < -0.4 is 9.44 Å². The molecule has 0 unspecified atom stereocenters. The third kappa shape index (κ3) is 7.69. The molecule has 0 bridgehead atoms. The van der Waals surface area contributed by atoms with Crippen LogP contribution in [0.15, 0.2) is 0 Å². The van der Waals surface area contributed by atoms with Crippen molar-refractivity contribution in [1.82, 2.24) is 9.44 Å². The van der Waals surface area contributed by atoms with Gasteiger partial charge in [-0.05, 0) is 0 Å². The summed E-state index contributed by atoms with van der Waals surface area (Å²) in [6.07, 6.45) is 0. The van der Waals surface area contributed by atoms with Crippen LogP contribution in [0.2, 0.25) is 0 Å². The molecule has 0 radical (unpaired) electrons. The van der Waals surface area contributed by atoms with Gasteiger partial charge in [0, 0.05) is 32.2 Å². The number of aliphatic hydroxyl groups excluding tert-OH is 1. The number of methoxy groups -OCH3 is 1. The van der Waals surface area contributed by atoms with E-state index in [1.54, 1.807) is 13.8 Å². The number of hydrogen-bond acceptors (Lipinski definition) is 4. The Morgan fingerprint density at radius 3 is 2.40 bits per heavy atom. The van der Waals surface area contributed by atoms with Crippen molar-refractivity contribution in [2.24, 2.45) is 5.41 Å². The lowest BCUT2D eigenvalue weighted by atomic mass is 9.96. The first-order valence-electron chi connectivity index (χ1n) is 4.67. The van der Waals surface area contributed by atoms with Crippen molar-refractivity contribution < 1.29 is 18.3 Å². The number of hydrogen-bond donors (Lipinski definition) is 3. The zero-order valence-corrected chi connectivity index (χ0v) is 10.2. The van der Waals surface area contributed by atoms with Crippen LogP contribution in [0, 0.1) is 5.41 Å². The summed E-state index contributed by atoms with van der Waals surface area (Å²) in [7, 11) is -1.99. The van der Waals surface area contributed by atoms with Crippen molar-refractivity contribution in [3.05, 3.63) is 0 Å². The molecule has 0 atom stereocenters. The first kappa shape index (κ1) is 14.8. The highest BCUT2D eigenvalue weighted by Gasteiger charge is 2.19. The van der Waals surface area contributed by atoms with Gasteiger partial charge >= 0.3 is 0 Å². The molecule has 3 N–H and O–H groups in total. The van der Waals surface area contributed by atoms with Gasteiger partial charge in [0.2, 0.25) is 0 Å². The van der Waals surface area contributed by atoms with Gasteiger partial charge in [0.05, 0.1) is 6.61 Å². The quantitative estimate of drug-likeness (QED) is 0.479. The molecule has 0 rings (SSSR count). The summed E-state index contributed by atoms with van der Waals surface area (Å²) in [6, 6.07) is 0. The summed E-state index contributed by atoms with van der Waals surface area (Å²) in [5, 5.41) is 8.93. The molecule has 0 heterocycles. The van der Waals surface area contributed by atoms with Crippen LogP contribution in [-0.4, -0.2) is 46.9 Å². The second-order valence-electron chi connectivity index (χ2n) is 4.03. The Kier molecular flexibility index (Phi) is 6.30. The van der Waals surface area contributed by atoms with E-state index in [4.69, 9.17) is 9.84 Å². The third-order valence-corrected chi connectivity index (χ3v) is 2.88. The maximum Gasteiger partial charge on any atom is 0.277 e. The Morgan fingerprint density at radius 1 is 1.33 bits per heavy atom. The topological polar surface area (TPSA) is 87.7 Å².